The molecular weight excluding hydrogens is 244 g/mol. The summed E-state index contributed by atoms with van der Waals surface area (Å²) in [5.74, 6) is -0.177. The Morgan fingerprint density at radius 1 is 1.22 bits per heavy atom. The Morgan fingerprint density at radius 3 is 2.67 bits per heavy atom. The van der Waals surface area contributed by atoms with Gasteiger partial charge in [0.15, 0.2) is 0 Å². The Balaban J connectivity index is 2.09. The largest absolute Gasteiger partial charge is 0.271 e. The zero-order valence-electron chi connectivity index (χ0n) is 10.3. The summed E-state index contributed by atoms with van der Waals surface area (Å²) in [6.07, 6.45) is 0. The highest BCUT2D eigenvalue weighted by Crippen LogP contribution is 2.10. The second kappa shape index (κ2) is 5.60. The Hall–Kier alpha value is -1.94. The summed E-state index contributed by atoms with van der Waals surface area (Å²) >= 11 is 1.60. The molecule has 0 aliphatic heterocycles. The van der Waals surface area contributed by atoms with Gasteiger partial charge in [-0.15, -0.1) is 11.3 Å². The summed E-state index contributed by atoms with van der Waals surface area (Å²) in [4.78, 5) is 13.0. The van der Waals surface area contributed by atoms with Gasteiger partial charge < -0.3 is 0 Å². The number of carbonyl (C=O) groups excluding carboxylic acids is 1. The summed E-state index contributed by atoms with van der Waals surface area (Å²) < 4.78 is 0. The number of amides is 1. The minimum absolute atomic E-state index is 0.177. The maximum Gasteiger partial charge on any atom is 0.271 e. The Morgan fingerprint density at radius 2 is 2.00 bits per heavy atom. The van der Waals surface area contributed by atoms with Crippen LogP contribution in [0.1, 0.15) is 27.7 Å². The minimum Gasteiger partial charge on any atom is -0.267 e. The molecule has 1 aromatic carbocycles. The molecule has 0 spiro atoms. The van der Waals surface area contributed by atoms with Crippen molar-refractivity contribution >= 4 is 23.0 Å². The first-order valence-electron chi connectivity index (χ1n) is 5.62. The molecule has 0 fully saturated rings. The van der Waals surface area contributed by atoms with Crippen LogP contribution < -0.4 is 5.43 Å². The highest BCUT2D eigenvalue weighted by molar-refractivity contribution is 7.12. The third kappa shape index (κ3) is 2.84. The first-order valence-corrected chi connectivity index (χ1v) is 6.50. The van der Waals surface area contributed by atoms with Crippen LogP contribution in [0.3, 0.4) is 0 Å². The fraction of sp³-hybridized carbons (Fsp3) is 0.143. The van der Waals surface area contributed by atoms with Crippen molar-refractivity contribution in [1.82, 2.24) is 5.43 Å². The number of thiophene rings is 1. The van der Waals surface area contributed by atoms with E-state index in [1.54, 1.807) is 17.4 Å². The van der Waals surface area contributed by atoms with Gasteiger partial charge in [-0.05, 0) is 36.9 Å². The summed E-state index contributed by atoms with van der Waals surface area (Å²) in [6.45, 7) is 3.79. The number of carbonyl (C=O) groups is 1. The molecule has 2 rings (SSSR count). The van der Waals surface area contributed by atoms with E-state index in [4.69, 9.17) is 0 Å². The van der Waals surface area contributed by atoms with Gasteiger partial charge in [0.1, 0.15) is 0 Å². The van der Waals surface area contributed by atoms with Crippen LogP contribution in [0, 0.1) is 6.92 Å². The van der Waals surface area contributed by atoms with E-state index in [1.165, 1.54) is 0 Å². The summed E-state index contributed by atoms with van der Waals surface area (Å²) in [6, 6.07) is 11.4. The van der Waals surface area contributed by atoms with Crippen molar-refractivity contribution in [2.45, 2.75) is 13.8 Å². The normalized spacial score (nSPS) is 11.3. The molecule has 4 heteroatoms. The van der Waals surface area contributed by atoms with E-state index < -0.39 is 0 Å². The SMILES string of the molecule is CC(=NNC(=O)c1ccccc1C)c1cccs1. The fourth-order valence-corrected chi connectivity index (χ4v) is 2.24. The monoisotopic (exact) mass is 258 g/mol. The van der Waals surface area contributed by atoms with Crippen LogP contribution in [-0.4, -0.2) is 11.6 Å². The third-order valence-electron chi connectivity index (χ3n) is 2.59. The summed E-state index contributed by atoms with van der Waals surface area (Å²) in [7, 11) is 0. The number of hydrazone groups is 1. The van der Waals surface area contributed by atoms with E-state index >= 15 is 0 Å². The van der Waals surface area contributed by atoms with Gasteiger partial charge in [-0.1, -0.05) is 24.3 Å². The number of hydrogen-bond donors (Lipinski definition) is 1. The van der Waals surface area contributed by atoms with Crippen molar-refractivity contribution in [3.05, 3.63) is 57.8 Å². The van der Waals surface area contributed by atoms with Gasteiger partial charge in [-0.2, -0.15) is 5.10 Å². The highest BCUT2D eigenvalue weighted by Gasteiger charge is 2.07. The second-order valence-corrected chi connectivity index (χ2v) is 4.88. The highest BCUT2D eigenvalue weighted by atomic mass is 32.1. The molecule has 3 nitrogen and oxygen atoms in total. The molecule has 0 unspecified atom stereocenters. The van der Waals surface area contributed by atoms with E-state index in [0.29, 0.717) is 5.56 Å². The lowest BCUT2D eigenvalue weighted by Gasteiger charge is -2.04. The van der Waals surface area contributed by atoms with Gasteiger partial charge in [-0.25, -0.2) is 5.43 Å². The first kappa shape index (κ1) is 12.5. The van der Waals surface area contributed by atoms with Crippen molar-refractivity contribution in [1.29, 1.82) is 0 Å². The molecule has 1 N–H and O–H groups in total. The molecule has 0 bridgehead atoms. The van der Waals surface area contributed by atoms with Gasteiger partial charge in [0.2, 0.25) is 0 Å². The first-order chi connectivity index (χ1) is 8.68. The zero-order valence-corrected chi connectivity index (χ0v) is 11.1. The van der Waals surface area contributed by atoms with Gasteiger partial charge in [0.05, 0.1) is 5.71 Å². The maximum atomic E-state index is 11.9. The van der Waals surface area contributed by atoms with Gasteiger partial charge in [0, 0.05) is 10.4 Å². The Labute approximate surface area is 110 Å². The van der Waals surface area contributed by atoms with E-state index in [-0.39, 0.29) is 5.91 Å². The molecule has 0 saturated carbocycles. The lowest BCUT2D eigenvalue weighted by molar-refractivity contribution is 0.0954. The van der Waals surface area contributed by atoms with E-state index in [1.807, 2.05) is 49.6 Å². The van der Waals surface area contributed by atoms with Crippen LogP contribution in [0.15, 0.2) is 46.9 Å². The number of rotatable bonds is 3. The van der Waals surface area contributed by atoms with Gasteiger partial charge in [0.25, 0.3) is 5.91 Å². The van der Waals surface area contributed by atoms with Crippen molar-refractivity contribution in [3.63, 3.8) is 0 Å². The van der Waals surface area contributed by atoms with E-state index in [9.17, 15) is 4.79 Å². The average Bonchev–Trinajstić information content (AvgIpc) is 2.90. The van der Waals surface area contributed by atoms with Crippen LogP contribution in [0.5, 0.6) is 0 Å². The predicted octanol–water partition coefficient (Wildman–Crippen LogP) is 3.21. The van der Waals surface area contributed by atoms with Crippen molar-refractivity contribution in [2.24, 2.45) is 5.10 Å². The molecule has 1 heterocycles. The van der Waals surface area contributed by atoms with Crippen LogP contribution in [0.25, 0.3) is 0 Å². The standard InChI is InChI=1S/C14H14N2OS/c1-10-6-3-4-7-12(10)14(17)16-15-11(2)13-8-5-9-18-13/h3-9H,1-2H3,(H,16,17). The predicted molar refractivity (Wildman–Crippen MR) is 75.2 cm³/mol. The molecule has 0 aliphatic carbocycles. The summed E-state index contributed by atoms with van der Waals surface area (Å²) in [5.41, 5.74) is 4.99. The van der Waals surface area contributed by atoms with Crippen LogP contribution in [-0.2, 0) is 0 Å². The Bertz CT molecular complexity index is 573. The number of hydrogen-bond acceptors (Lipinski definition) is 3. The number of nitrogens with one attached hydrogen (secondary N) is 1. The van der Waals surface area contributed by atoms with E-state index in [2.05, 4.69) is 10.5 Å². The van der Waals surface area contributed by atoms with Crippen LogP contribution in [0.2, 0.25) is 0 Å². The molecule has 1 amide bonds. The fourth-order valence-electron chi connectivity index (χ4n) is 1.56. The smallest absolute Gasteiger partial charge is 0.267 e. The topological polar surface area (TPSA) is 41.5 Å². The molecule has 2 aromatic rings. The molecule has 92 valence electrons. The average molecular weight is 258 g/mol. The minimum atomic E-state index is -0.177. The lowest BCUT2D eigenvalue weighted by atomic mass is 10.1. The summed E-state index contributed by atoms with van der Waals surface area (Å²) in [5, 5.41) is 6.10. The molecular formula is C14H14N2OS. The van der Waals surface area contributed by atoms with Crippen molar-refractivity contribution in [2.75, 3.05) is 0 Å². The third-order valence-corrected chi connectivity index (χ3v) is 3.57. The molecule has 0 aliphatic rings. The maximum absolute atomic E-state index is 11.9. The van der Waals surface area contributed by atoms with Crippen LogP contribution in [0.4, 0.5) is 0 Å². The van der Waals surface area contributed by atoms with Crippen molar-refractivity contribution < 1.29 is 4.79 Å². The molecule has 18 heavy (non-hydrogen) atoms. The Kier molecular flexibility index (Phi) is 3.89. The van der Waals surface area contributed by atoms with E-state index in [0.717, 1.165) is 16.2 Å². The van der Waals surface area contributed by atoms with Gasteiger partial charge in [-0.3, -0.25) is 4.79 Å². The lowest BCUT2D eigenvalue weighted by Crippen LogP contribution is -2.20. The second-order valence-electron chi connectivity index (χ2n) is 3.93. The quantitative estimate of drug-likeness (QED) is 0.666. The number of benzene rings is 1. The molecule has 0 radical (unpaired) electrons. The van der Waals surface area contributed by atoms with Gasteiger partial charge >= 0.3 is 0 Å². The molecule has 1 aromatic heterocycles. The van der Waals surface area contributed by atoms with Crippen molar-refractivity contribution in [3.8, 4) is 0 Å². The zero-order chi connectivity index (χ0) is 13.0. The van der Waals surface area contributed by atoms with Crippen LogP contribution >= 0.6 is 11.3 Å². The molecule has 0 atom stereocenters. The number of aryl methyl sites for hydroxylation is 1. The molecule has 0 saturated heterocycles. The number of nitrogens with zero attached hydrogens (tertiary/aromatic N) is 1.